The summed E-state index contributed by atoms with van der Waals surface area (Å²) in [4.78, 5) is 28.9. The molecule has 30 heavy (non-hydrogen) atoms. The molecule has 0 spiro atoms. The summed E-state index contributed by atoms with van der Waals surface area (Å²) < 4.78 is 16.5. The second-order valence-electron chi connectivity index (χ2n) is 7.76. The van der Waals surface area contributed by atoms with E-state index in [9.17, 15) is 9.59 Å². The van der Waals surface area contributed by atoms with Gasteiger partial charge in [0.05, 0.1) is 12.2 Å². The Bertz CT molecular complexity index is 889. The van der Waals surface area contributed by atoms with Crippen LogP contribution in [0.2, 0.25) is 0 Å². The van der Waals surface area contributed by atoms with Crippen molar-refractivity contribution in [3.8, 4) is 5.75 Å². The van der Waals surface area contributed by atoms with E-state index < -0.39 is 0 Å². The molecule has 0 radical (unpaired) electrons. The van der Waals surface area contributed by atoms with Crippen molar-refractivity contribution in [1.82, 2.24) is 15.0 Å². The summed E-state index contributed by atoms with van der Waals surface area (Å²) in [5.41, 5.74) is 1.03. The minimum Gasteiger partial charge on any atom is -0.486 e. The highest BCUT2D eigenvalue weighted by Gasteiger charge is 2.38. The average Bonchev–Trinajstić information content (AvgIpc) is 3.34. The number of amides is 2. The van der Waals surface area contributed by atoms with E-state index in [1.54, 1.807) is 11.8 Å². The molecule has 1 unspecified atom stereocenters. The molecule has 8 nitrogen and oxygen atoms in total. The van der Waals surface area contributed by atoms with Crippen molar-refractivity contribution in [2.24, 2.45) is 0 Å². The number of cyclic esters (lactones) is 1. The van der Waals surface area contributed by atoms with Crippen LogP contribution >= 0.6 is 0 Å². The number of ether oxygens (including phenoxy) is 2. The van der Waals surface area contributed by atoms with Gasteiger partial charge in [-0.05, 0) is 38.3 Å². The highest BCUT2D eigenvalue weighted by atomic mass is 16.6. The van der Waals surface area contributed by atoms with Gasteiger partial charge in [-0.1, -0.05) is 30.3 Å². The number of carbonyl (C=O) groups is 2. The number of aryl methyl sites for hydroxylation is 1. The van der Waals surface area contributed by atoms with E-state index in [-0.39, 0.29) is 30.8 Å². The first-order chi connectivity index (χ1) is 14.6. The monoisotopic (exact) mass is 413 g/mol. The van der Waals surface area contributed by atoms with Crippen LogP contribution in [-0.2, 0) is 11.3 Å². The van der Waals surface area contributed by atoms with Crippen molar-refractivity contribution in [3.63, 3.8) is 0 Å². The van der Waals surface area contributed by atoms with E-state index in [4.69, 9.17) is 14.0 Å². The second-order valence-corrected chi connectivity index (χ2v) is 7.76. The quantitative estimate of drug-likeness (QED) is 0.722. The summed E-state index contributed by atoms with van der Waals surface area (Å²) in [6, 6.07) is 9.49. The van der Waals surface area contributed by atoms with Crippen molar-refractivity contribution in [1.29, 1.82) is 0 Å². The molecular weight excluding hydrogens is 386 g/mol. The van der Waals surface area contributed by atoms with Gasteiger partial charge in [-0.25, -0.2) is 4.79 Å². The van der Waals surface area contributed by atoms with Crippen molar-refractivity contribution in [2.75, 3.05) is 19.6 Å². The van der Waals surface area contributed by atoms with Gasteiger partial charge in [-0.3, -0.25) is 4.79 Å². The number of para-hydroxylation sites is 1. The zero-order chi connectivity index (χ0) is 21.1. The van der Waals surface area contributed by atoms with Crippen LogP contribution in [0.5, 0.6) is 5.75 Å². The smallest absolute Gasteiger partial charge is 0.410 e. The first kappa shape index (κ1) is 20.3. The third-order valence-corrected chi connectivity index (χ3v) is 5.81. The average molecular weight is 413 g/mol. The maximum Gasteiger partial charge on any atom is 0.410 e. The van der Waals surface area contributed by atoms with Crippen LogP contribution in [0.1, 0.15) is 48.0 Å². The third kappa shape index (κ3) is 4.13. The zero-order valence-corrected chi connectivity index (χ0v) is 17.4. The summed E-state index contributed by atoms with van der Waals surface area (Å²) in [5.74, 6) is 1.03. The number of hydrogen-bond acceptors (Lipinski definition) is 6. The Morgan fingerprint density at radius 1 is 1.23 bits per heavy atom. The van der Waals surface area contributed by atoms with E-state index in [1.165, 1.54) is 0 Å². The molecule has 1 aromatic carbocycles. The standard InChI is InChI=1S/C22H27N3O5/c1-3-17-13-25(22(27)29-17)16-9-11-24(12-10-16)21(26)20-15(2)23-30-19(20)14-28-18-7-5-4-6-8-18/h4-8,16-17H,3,9-14H2,1-2H3. The summed E-state index contributed by atoms with van der Waals surface area (Å²) in [6.45, 7) is 5.71. The normalized spacial score (nSPS) is 19.8. The Morgan fingerprint density at radius 2 is 1.97 bits per heavy atom. The van der Waals surface area contributed by atoms with Gasteiger partial charge in [0, 0.05) is 19.1 Å². The molecule has 2 aliphatic rings. The SMILES string of the molecule is CCC1CN(C2CCN(C(=O)c3c(C)noc3COc3ccccc3)CC2)C(=O)O1. The van der Waals surface area contributed by atoms with E-state index >= 15 is 0 Å². The van der Waals surface area contributed by atoms with Crippen LogP contribution in [-0.4, -0.2) is 58.7 Å². The van der Waals surface area contributed by atoms with E-state index in [0.29, 0.717) is 42.4 Å². The Morgan fingerprint density at radius 3 is 2.63 bits per heavy atom. The number of carbonyl (C=O) groups excluding carboxylic acids is 2. The molecule has 0 bridgehead atoms. The molecule has 4 rings (SSSR count). The van der Waals surface area contributed by atoms with Crippen LogP contribution in [0.25, 0.3) is 0 Å². The number of hydrogen-bond donors (Lipinski definition) is 0. The lowest BCUT2D eigenvalue weighted by atomic mass is 10.0. The molecule has 0 saturated carbocycles. The lowest BCUT2D eigenvalue weighted by Crippen LogP contribution is -2.47. The van der Waals surface area contributed by atoms with Gasteiger partial charge >= 0.3 is 6.09 Å². The van der Waals surface area contributed by atoms with Gasteiger partial charge < -0.3 is 23.8 Å². The van der Waals surface area contributed by atoms with Crippen LogP contribution in [0.15, 0.2) is 34.9 Å². The minimum atomic E-state index is -0.234. The molecule has 0 aliphatic carbocycles. The fourth-order valence-corrected chi connectivity index (χ4v) is 4.05. The van der Waals surface area contributed by atoms with Gasteiger partial charge in [0.2, 0.25) is 0 Å². The number of rotatable bonds is 6. The number of benzene rings is 1. The molecule has 2 fully saturated rings. The van der Waals surface area contributed by atoms with E-state index in [0.717, 1.165) is 19.3 Å². The topological polar surface area (TPSA) is 85.1 Å². The Labute approximate surface area is 175 Å². The van der Waals surface area contributed by atoms with Crippen LogP contribution in [0, 0.1) is 6.92 Å². The molecule has 8 heteroatoms. The highest BCUT2D eigenvalue weighted by Crippen LogP contribution is 2.26. The largest absolute Gasteiger partial charge is 0.486 e. The first-order valence-corrected chi connectivity index (χ1v) is 10.5. The molecule has 1 aromatic heterocycles. The predicted molar refractivity (Wildman–Crippen MR) is 108 cm³/mol. The second kappa shape index (κ2) is 8.77. The molecule has 1 atom stereocenters. The summed E-state index contributed by atoms with van der Waals surface area (Å²) in [5, 5.41) is 3.98. The Balaban J connectivity index is 1.37. The van der Waals surface area contributed by atoms with Crippen molar-refractivity contribution < 1.29 is 23.6 Å². The maximum absolute atomic E-state index is 13.2. The van der Waals surface area contributed by atoms with Gasteiger partial charge in [0.25, 0.3) is 5.91 Å². The van der Waals surface area contributed by atoms with Gasteiger partial charge in [0.15, 0.2) is 5.76 Å². The third-order valence-electron chi connectivity index (χ3n) is 5.81. The van der Waals surface area contributed by atoms with Gasteiger partial charge in [0.1, 0.15) is 24.0 Å². The van der Waals surface area contributed by atoms with Crippen LogP contribution < -0.4 is 4.74 Å². The lowest BCUT2D eigenvalue weighted by Gasteiger charge is -2.35. The van der Waals surface area contributed by atoms with Crippen molar-refractivity contribution in [3.05, 3.63) is 47.3 Å². The molecule has 3 heterocycles. The zero-order valence-electron chi connectivity index (χ0n) is 17.4. The molecule has 2 aromatic rings. The summed E-state index contributed by atoms with van der Waals surface area (Å²) in [6.07, 6.45) is 2.03. The molecule has 160 valence electrons. The van der Waals surface area contributed by atoms with Crippen molar-refractivity contribution in [2.45, 2.75) is 51.9 Å². The molecule has 2 saturated heterocycles. The molecule has 0 N–H and O–H groups in total. The van der Waals surface area contributed by atoms with Gasteiger partial charge in [-0.15, -0.1) is 0 Å². The van der Waals surface area contributed by atoms with E-state index in [1.807, 2.05) is 42.2 Å². The highest BCUT2D eigenvalue weighted by molar-refractivity contribution is 5.96. The van der Waals surface area contributed by atoms with Crippen LogP contribution in [0.3, 0.4) is 0 Å². The first-order valence-electron chi connectivity index (χ1n) is 10.5. The predicted octanol–water partition coefficient (Wildman–Crippen LogP) is 3.40. The molecule has 2 aliphatic heterocycles. The summed E-state index contributed by atoms with van der Waals surface area (Å²) >= 11 is 0. The van der Waals surface area contributed by atoms with Crippen LogP contribution in [0.4, 0.5) is 4.79 Å². The minimum absolute atomic E-state index is 0.0241. The Kier molecular flexibility index (Phi) is 5.92. The number of piperidine rings is 1. The van der Waals surface area contributed by atoms with Gasteiger partial charge in [-0.2, -0.15) is 0 Å². The van der Waals surface area contributed by atoms with Crippen molar-refractivity contribution >= 4 is 12.0 Å². The molecule has 2 amide bonds. The molecular formula is C22H27N3O5. The maximum atomic E-state index is 13.2. The Hall–Kier alpha value is -3.03. The fourth-order valence-electron chi connectivity index (χ4n) is 4.05. The number of aromatic nitrogens is 1. The number of likely N-dealkylation sites (tertiary alicyclic amines) is 1. The lowest BCUT2D eigenvalue weighted by molar-refractivity contribution is 0.0653. The van der Waals surface area contributed by atoms with E-state index in [2.05, 4.69) is 5.16 Å². The number of nitrogens with zero attached hydrogens (tertiary/aromatic N) is 3. The summed E-state index contributed by atoms with van der Waals surface area (Å²) in [7, 11) is 0. The fraction of sp³-hybridized carbons (Fsp3) is 0.500.